The normalized spacial score (nSPS) is 14.9. The summed E-state index contributed by atoms with van der Waals surface area (Å²) in [5.74, 6) is -2.83. The van der Waals surface area contributed by atoms with Crippen LogP contribution in [0, 0.1) is 11.6 Å². The van der Waals surface area contributed by atoms with Crippen LogP contribution in [0.25, 0.3) is 0 Å². The van der Waals surface area contributed by atoms with Crippen LogP contribution >= 0.6 is 0 Å². The lowest BCUT2D eigenvalue weighted by Crippen LogP contribution is -2.34. The Bertz CT molecular complexity index is 552. The standard InChI is InChI=1S/C12H10F2N2O3/c13-7-3-8(14)5-9(4-7)15-10-6-11(18)16(1-2-17)12(10)19/h3-6,15,17H,1-2H2. The quantitative estimate of drug-likeness (QED) is 0.785. The van der Waals surface area contributed by atoms with Crippen molar-refractivity contribution in [1.82, 2.24) is 4.90 Å². The molecular formula is C12H10F2N2O3. The highest BCUT2D eigenvalue weighted by atomic mass is 19.1. The number of amides is 2. The molecule has 2 N–H and O–H groups in total. The number of aliphatic hydroxyl groups is 1. The number of benzene rings is 1. The molecule has 19 heavy (non-hydrogen) atoms. The largest absolute Gasteiger partial charge is 0.395 e. The predicted octanol–water partition coefficient (Wildman–Crippen LogP) is 0.622. The Labute approximate surface area is 107 Å². The molecule has 1 aromatic carbocycles. The Morgan fingerprint density at radius 3 is 2.37 bits per heavy atom. The van der Waals surface area contributed by atoms with Crippen LogP contribution in [-0.4, -0.2) is 35.0 Å². The van der Waals surface area contributed by atoms with E-state index in [0.29, 0.717) is 6.07 Å². The number of β-amino-alcohol motifs (C(OH)–C–C–N with tert-alkyl or cyclic N) is 1. The third-order valence-electron chi connectivity index (χ3n) is 2.47. The molecule has 0 fully saturated rings. The lowest BCUT2D eigenvalue weighted by Gasteiger charge is -2.13. The van der Waals surface area contributed by atoms with Crippen molar-refractivity contribution in [1.29, 1.82) is 0 Å². The van der Waals surface area contributed by atoms with Gasteiger partial charge in [-0.1, -0.05) is 0 Å². The fraction of sp³-hybridized carbons (Fsp3) is 0.167. The van der Waals surface area contributed by atoms with Gasteiger partial charge in [-0.05, 0) is 12.1 Å². The molecule has 2 rings (SSSR count). The van der Waals surface area contributed by atoms with Crippen molar-refractivity contribution < 1.29 is 23.5 Å². The van der Waals surface area contributed by atoms with E-state index in [2.05, 4.69) is 5.32 Å². The smallest absolute Gasteiger partial charge is 0.277 e. The number of aliphatic hydroxyl groups excluding tert-OH is 1. The van der Waals surface area contributed by atoms with Crippen LogP contribution in [0.15, 0.2) is 30.0 Å². The summed E-state index contributed by atoms with van der Waals surface area (Å²) in [6.45, 7) is -0.482. The molecule has 1 aliphatic heterocycles. The summed E-state index contributed by atoms with van der Waals surface area (Å²) in [5.41, 5.74) is -0.0702. The summed E-state index contributed by atoms with van der Waals surface area (Å²) < 4.78 is 26.0. The van der Waals surface area contributed by atoms with E-state index in [9.17, 15) is 18.4 Å². The molecule has 0 aromatic heterocycles. The lowest BCUT2D eigenvalue weighted by molar-refractivity contribution is -0.137. The average Bonchev–Trinajstić information content (AvgIpc) is 2.56. The molecule has 7 heteroatoms. The van der Waals surface area contributed by atoms with Crippen LogP contribution < -0.4 is 5.32 Å². The molecule has 0 radical (unpaired) electrons. The van der Waals surface area contributed by atoms with Gasteiger partial charge in [0.25, 0.3) is 11.8 Å². The van der Waals surface area contributed by atoms with Crippen molar-refractivity contribution in [3.8, 4) is 0 Å². The van der Waals surface area contributed by atoms with E-state index in [0.717, 1.165) is 23.1 Å². The molecule has 0 spiro atoms. The van der Waals surface area contributed by atoms with Gasteiger partial charge >= 0.3 is 0 Å². The second kappa shape index (κ2) is 5.15. The first-order valence-electron chi connectivity index (χ1n) is 5.43. The first kappa shape index (κ1) is 13.2. The van der Waals surface area contributed by atoms with Gasteiger partial charge in [-0.15, -0.1) is 0 Å². The molecule has 1 heterocycles. The number of imide groups is 1. The van der Waals surface area contributed by atoms with Crippen LogP contribution in [0.5, 0.6) is 0 Å². The number of nitrogens with zero attached hydrogens (tertiary/aromatic N) is 1. The predicted molar refractivity (Wildman–Crippen MR) is 61.9 cm³/mol. The maximum Gasteiger partial charge on any atom is 0.277 e. The molecule has 0 saturated heterocycles. The second-order valence-electron chi connectivity index (χ2n) is 3.86. The van der Waals surface area contributed by atoms with Crippen molar-refractivity contribution in [2.45, 2.75) is 0 Å². The second-order valence-corrected chi connectivity index (χ2v) is 3.86. The van der Waals surface area contributed by atoms with E-state index in [1.165, 1.54) is 0 Å². The molecule has 1 aromatic rings. The van der Waals surface area contributed by atoms with Crippen LogP contribution in [0.4, 0.5) is 14.5 Å². The van der Waals surface area contributed by atoms with Gasteiger partial charge in [-0.3, -0.25) is 14.5 Å². The van der Waals surface area contributed by atoms with Crippen molar-refractivity contribution in [3.63, 3.8) is 0 Å². The van der Waals surface area contributed by atoms with E-state index >= 15 is 0 Å². The van der Waals surface area contributed by atoms with E-state index in [1.807, 2.05) is 0 Å². The Morgan fingerprint density at radius 2 is 1.79 bits per heavy atom. The lowest BCUT2D eigenvalue weighted by atomic mass is 10.3. The van der Waals surface area contributed by atoms with Crippen molar-refractivity contribution >= 4 is 17.5 Å². The van der Waals surface area contributed by atoms with Crippen LogP contribution in [0.1, 0.15) is 0 Å². The molecule has 2 amide bonds. The third kappa shape index (κ3) is 2.76. The minimum absolute atomic E-state index is 0.0238. The number of anilines is 1. The van der Waals surface area contributed by atoms with Gasteiger partial charge in [-0.25, -0.2) is 8.78 Å². The number of halogens is 2. The van der Waals surface area contributed by atoms with E-state index in [1.54, 1.807) is 0 Å². The average molecular weight is 268 g/mol. The Morgan fingerprint density at radius 1 is 1.16 bits per heavy atom. The van der Waals surface area contributed by atoms with E-state index in [4.69, 9.17) is 5.11 Å². The maximum absolute atomic E-state index is 13.0. The summed E-state index contributed by atoms with van der Waals surface area (Å²) in [6, 6.07) is 2.69. The topological polar surface area (TPSA) is 69.6 Å². The SMILES string of the molecule is O=C1C=C(Nc2cc(F)cc(F)c2)C(=O)N1CCO. The summed E-state index contributed by atoms with van der Waals surface area (Å²) >= 11 is 0. The monoisotopic (exact) mass is 268 g/mol. The summed E-state index contributed by atoms with van der Waals surface area (Å²) in [5, 5.41) is 11.2. The Hall–Kier alpha value is -2.28. The number of hydrogen-bond donors (Lipinski definition) is 2. The zero-order chi connectivity index (χ0) is 14.0. The number of nitrogens with one attached hydrogen (secondary N) is 1. The first-order chi connectivity index (χ1) is 9.01. The number of carbonyl (C=O) groups excluding carboxylic acids is 2. The van der Waals surface area contributed by atoms with Gasteiger partial charge in [0.05, 0.1) is 13.2 Å². The maximum atomic E-state index is 13.0. The molecule has 0 aliphatic carbocycles. The molecule has 0 atom stereocenters. The number of carbonyl (C=O) groups is 2. The van der Waals surface area contributed by atoms with Gasteiger partial charge < -0.3 is 10.4 Å². The van der Waals surface area contributed by atoms with Gasteiger partial charge in [0.2, 0.25) is 0 Å². The van der Waals surface area contributed by atoms with Gasteiger partial charge in [0.1, 0.15) is 17.3 Å². The minimum Gasteiger partial charge on any atom is -0.395 e. The van der Waals surface area contributed by atoms with E-state index < -0.39 is 23.4 Å². The first-order valence-corrected chi connectivity index (χ1v) is 5.43. The van der Waals surface area contributed by atoms with Crippen molar-refractivity contribution in [2.24, 2.45) is 0 Å². The van der Waals surface area contributed by atoms with Gasteiger partial charge in [-0.2, -0.15) is 0 Å². The Balaban J connectivity index is 2.18. The van der Waals surface area contributed by atoms with Crippen molar-refractivity contribution in [3.05, 3.63) is 41.6 Å². The van der Waals surface area contributed by atoms with Crippen LogP contribution in [-0.2, 0) is 9.59 Å². The van der Waals surface area contributed by atoms with Gasteiger partial charge in [0, 0.05) is 17.8 Å². The van der Waals surface area contributed by atoms with Crippen molar-refractivity contribution in [2.75, 3.05) is 18.5 Å². The zero-order valence-corrected chi connectivity index (χ0v) is 9.69. The zero-order valence-electron chi connectivity index (χ0n) is 9.69. The fourth-order valence-corrected chi connectivity index (χ4v) is 1.69. The molecule has 0 unspecified atom stereocenters. The fourth-order valence-electron chi connectivity index (χ4n) is 1.69. The Kier molecular flexibility index (Phi) is 3.57. The highest BCUT2D eigenvalue weighted by molar-refractivity contribution is 6.17. The minimum atomic E-state index is -0.799. The molecule has 1 aliphatic rings. The molecule has 0 bridgehead atoms. The van der Waals surface area contributed by atoms with Crippen LogP contribution in [0.3, 0.4) is 0 Å². The molecule has 0 saturated carbocycles. The number of hydrogen-bond acceptors (Lipinski definition) is 4. The summed E-state index contributed by atoms with van der Waals surface area (Å²) in [4.78, 5) is 24.0. The summed E-state index contributed by atoms with van der Waals surface area (Å²) in [6.07, 6.45) is 1.01. The third-order valence-corrected chi connectivity index (χ3v) is 2.47. The number of rotatable bonds is 4. The molecule has 5 nitrogen and oxygen atoms in total. The highest BCUT2D eigenvalue weighted by Gasteiger charge is 2.30. The molecular weight excluding hydrogens is 258 g/mol. The molecule has 100 valence electrons. The summed E-state index contributed by atoms with van der Waals surface area (Å²) in [7, 11) is 0. The van der Waals surface area contributed by atoms with E-state index in [-0.39, 0.29) is 24.5 Å². The van der Waals surface area contributed by atoms with Gasteiger partial charge in [0.15, 0.2) is 0 Å². The van der Waals surface area contributed by atoms with Crippen LogP contribution in [0.2, 0.25) is 0 Å². The highest BCUT2D eigenvalue weighted by Crippen LogP contribution is 2.19.